The molecule has 1 aromatic carbocycles. The molecule has 7 heteroatoms. The number of para-hydroxylation sites is 1. The molecule has 0 fully saturated rings. The van der Waals surface area contributed by atoms with Crippen molar-refractivity contribution < 1.29 is 9.53 Å². The van der Waals surface area contributed by atoms with Crippen LogP contribution in [0.3, 0.4) is 0 Å². The lowest BCUT2D eigenvalue weighted by Gasteiger charge is -2.12. The molecule has 0 radical (unpaired) electrons. The third-order valence-corrected chi connectivity index (χ3v) is 2.91. The number of nitrogens with zero attached hydrogens (tertiary/aromatic N) is 1. The lowest BCUT2D eigenvalue weighted by Crippen LogP contribution is -2.41. The second-order valence-corrected chi connectivity index (χ2v) is 5.59. The lowest BCUT2D eigenvalue weighted by atomic mass is 10.2. The van der Waals surface area contributed by atoms with Crippen molar-refractivity contribution in [2.75, 3.05) is 38.7 Å². The number of hydrogen-bond donors (Lipinski definition) is 3. The van der Waals surface area contributed by atoms with Gasteiger partial charge in [0.2, 0.25) is 5.91 Å². The van der Waals surface area contributed by atoms with E-state index in [4.69, 9.17) is 4.74 Å². The van der Waals surface area contributed by atoms with Crippen molar-refractivity contribution in [2.24, 2.45) is 10.9 Å². The average Bonchev–Trinajstić information content (AvgIpc) is 2.54. The molecule has 0 bridgehead atoms. The smallest absolute Gasteiger partial charge is 0.243 e. The molecule has 1 aromatic rings. The van der Waals surface area contributed by atoms with Gasteiger partial charge in [-0.2, -0.15) is 0 Å². The van der Waals surface area contributed by atoms with Gasteiger partial charge in [-0.05, 0) is 24.5 Å². The van der Waals surface area contributed by atoms with Crippen LogP contribution < -0.4 is 16.0 Å². The SMILES string of the molecule is CN=C(NCCCOCC(C)C)NCC(=O)Nc1ccccc1.I. The number of anilines is 1. The van der Waals surface area contributed by atoms with Crippen molar-refractivity contribution in [1.82, 2.24) is 10.6 Å². The van der Waals surface area contributed by atoms with Crippen molar-refractivity contribution in [3.05, 3.63) is 30.3 Å². The maximum Gasteiger partial charge on any atom is 0.243 e. The molecule has 0 saturated carbocycles. The molecule has 6 nitrogen and oxygen atoms in total. The van der Waals surface area contributed by atoms with Crippen LogP contribution in [0, 0.1) is 5.92 Å². The first-order chi connectivity index (χ1) is 11.1. The number of halogens is 1. The van der Waals surface area contributed by atoms with E-state index in [0.717, 1.165) is 31.9 Å². The number of rotatable bonds is 9. The van der Waals surface area contributed by atoms with Crippen molar-refractivity contribution in [2.45, 2.75) is 20.3 Å². The third kappa shape index (κ3) is 11.2. The van der Waals surface area contributed by atoms with Crippen LogP contribution in [0.4, 0.5) is 5.69 Å². The Balaban J connectivity index is 0.00000529. The van der Waals surface area contributed by atoms with Gasteiger partial charge in [0.25, 0.3) is 0 Å². The molecule has 3 N–H and O–H groups in total. The average molecular weight is 448 g/mol. The Morgan fingerprint density at radius 3 is 2.54 bits per heavy atom. The summed E-state index contributed by atoms with van der Waals surface area (Å²) in [4.78, 5) is 15.9. The highest BCUT2D eigenvalue weighted by Gasteiger charge is 2.03. The minimum absolute atomic E-state index is 0. The Hall–Kier alpha value is -1.35. The number of aliphatic imine (C=N–C) groups is 1. The van der Waals surface area contributed by atoms with Gasteiger partial charge in [0.1, 0.15) is 0 Å². The first-order valence-corrected chi connectivity index (χ1v) is 7.99. The van der Waals surface area contributed by atoms with Crippen LogP contribution in [0.2, 0.25) is 0 Å². The predicted octanol–water partition coefficient (Wildman–Crippen LogP) is 2.47. The number of benzene rings is 1. The molecule has 136 valence electrons. The van der Waals surface area contributed by atoms with Crippen LogP contribution in [0.1, 0.15) is 20.3 Å². The zero-order chi connectivity index (χ0) is 16.9. The molecule has 24 heavy (non-hydrogen) atoms. The van der Waals surface area contributed by atoms with E-state index in [9.17, 15) is 4.79 Å². The number of hydrogen-bond acceptors (Lipinski definition) is 3. The molecular formula is C17H29IN4O2. The maximum absolute atomic E-state index is 11.8. The molecule has 0 atom stereocenters. The number of amides is 1. The highest BCUT2D eigenvalue weighted by molar-refractivity contribution is 14.0. The van der Waals surface area contributed by atoms with Gasteiger partial charge in [0.15, 0.2) is 5.96 Å². The van der Waals surface area contributed by atoms with Crippen LogP contribution in [0.5, 0.6) is 0 Å². The largest absolute Gasteiger partial charge is 0.381 e. The molecule has 0 aliphatic rings. The summed E-state index contributed by atoms with van der Waals surface area (Å²) < 4.78 is 5.51. The fourth-order valence-electron chi connectivity index (χ4n) is 1.81. The monoisotopic (exact) mass is 448 g/mol. The summed E-state index contributed by atoms with van der Waals surface area (Å²) in [5.74, 6) is 1.05. The summed E-state index contributed by atoms with van der Waals surface area (Å²) in [6.45, 7) is 6.68. The summed E-state index contributed by atoms with van der Waals surface area (Å²) in [5, 5.41) is 8.95. The van der Waals surface area contributed by atoms with Crippen molar-refractivity contribution in [3.8, 4) is 0 Å². The number of carbonyl (C=O) groups is 1. The highest BCUT2D eigenvalue weighted by Crippen LogP contribution is 2.03. The van der Waals surface area contributed by atoms with Crippen molar-refractivity contribution in [1.29, 1.82) is 0 Å². The minimum atomic E-state index is -0.112. The Morgan fingerprint density at radius 2 is 1.92 bits per heavy atom. The zero-order valence-corrected chi connectivity index (χ0v) is 17.0. The van der Waals surface area contributed by atoms with Crippen LogP contribution in [-0.2, 0) is 9.53 Å². The summed E-state index contributed by atoms with van der Waals surface area (Å²) in [7, 11) is 1.68. The van der Waals surface area contributed by atoms with E-state index in [0.29, 0.717) is 11.9 Å². The molecule has 0 aliphatic carbocycles. The molecular weight excluding hydrogens is 419 g/mol. The molecule has 0 saturated heterocycles. The first kappa shape index (κ1) is 22.6. The topological polar surface area (TPSA) is 74.8 Å². The Morgan fingerprint density at radius 1 is 1.21 bits per heavy atom. The van der Waals surface area contributed by atoms with E-state index in [1.54, 1.807) is 7.05 Å². The third-order valence-electron chi connectivity index (χ3n) is 2.91. The summed E-state index contributed by atoms with van der Waals surface area (Å²) in [6.07, 6.45) is 0.892. The highest BCUT2D eigenvalue weighted by atomic mass is 127. The number of guanidine groups is 1. The van der Waals surface area contributed by atoms with Gasteiger partial charge < -0.3 is 20.7 Å². The zero-order valence-electron chi connectivity index (χ0n) is 14.7. The van der Waals surface area contributed by atoms with E-state index >= 15 is 0 Å². The van der Waals surface area contributed by atoms with Crippen molar-refractivity contribution in [3.63, 3.8) is 0 Å². The van der Waals surface area contributed by atoms with E-state index in [1.165, 1.54) is 0 Å². The fourth-order valence-corrected chi connectivity index (χ4v) is 1.81. The van der Waals surface area contributed by atoms with Gasteiger partial charge in [-0.1, -0.05) is 32.0 Å². The number of nitrogens with one attached hydrogen (secondary N) is 3. The van der Waals surface area contributed by atoms with Gasteiger partial charge in [-0.15, -0.1) is 24.0 Å². The quantitative estimate of drug-likeness (QED) is 0.235. The predicted molar refractivity (Wildman–Crippen MR) is 110 cm³/mol. The van der Waals surface area contributed by atoms with Crippen LogP contribution >= 0.6 is 24.0 Å². The lowest BCUT2D eigenvalue weighted by molar-refractivity contribution is -0.115. The second kappa shape index (κ2) is 14.0. The van der Waals surface area contributed by atoms with Gasteiger partial charge in [-0.3, -0.25) is 9.79 Å². The van der Waals surface area contributed by atoms with E-state index in [2.05, 4.69) is 34.8 Å². The normalized spacial score (nSPS) is 10.9. The van der Waals surface area contributed by atoms with E-state index in [1.807, 2.05) is 30.3 Å². The molecule has 1 rings (SSSR count). The molecule has 0 aliphatic heterocycles. The number of carbonyl (C=O) groups excluding carboxylic acids is 1. The molecule has 0 unspecified atom stereocenters. The van der Waals surface area contributed by atoms with Gasteiger partial charge >= 0.3 is 0 Å². The molecule has 0 spiro atoms. The van der Waals surface area contributed by atoms with Crippen LogP contribution in [0.15, 0.2) is 35.3 Å². The van der Waals surface area contributed by atoms with Crippen molar-refractivity contribution >= 4 is 41.5 Å². The minimum Gasteiger partial charge on any atom is -0.381 e. The Labute approximate surface area is 161 Å². The molecule has 0 heterocycles. The molecule has 1 amide bonds. The standard InChI is InChI=1S/C17H28N4O2.HI/c1-14(2)13-23-11-7-10-19-17(18-3)20-12-16(22)21-15-8-5-4-6-9-15;/h4-6,8-9,14H,7,10-13H2,1-3H3,(H,21,22)(H2,18,19,20);1H. The van der Waals surface area contributed by atoms with Gasteiger partial charge in [0, 0.05) is 32.5 Å². The van der Waals surface area contributed by atoms with E-state index < -0.39 is 0 Å². The maximum atomic E-state index is 11.8. The van der Waals surface area contributed by atoms with Crippen LogP contribution in [-0.4, -0.2) is 45.2 Å². The summed E-state index contributed by atoms with van der Waals surface area (Å²) >= 11 is 0. The number of ether oxygens (including phenoxy) is 1. The first-order valence-electron chi connectivity index (χ1n) is 7.99. The summed E-state index contributed by atoms with van der Waals surface area (Å²) in [6, 6.07) is 9.37. The van der Waals surface area contributed by atoms with Gasteiger partial charge in [0.05, 0.1) is 6.54 Å². The Bertz CT molecular complexity index is 481. The van der Waals surface area contributed by atoms with Crippen LogP contribution in [0.25, 0.3) is 0 Å². The second-order valence-electron chi connectivity index (χ2n) is 5.59. The van der Waals surface area contributed by atoms with Gasteiger partial charge in [-0.25, -0.2) is 0 Å². The summed E-state index contributed by atoms with van der Waals surface area (Å²) in [5.41, 5.74) is 0.782. The Kier molecular flexibility index (Phi) is 13.2. The fraction of sp³-hybridized carbons (Fsp3) is 0.529. The molecule has 0 aromatic heterocycles. The van der Waals surface area contributed by atoms with E-state index in [-0.39, 0.29) is 36.4 Å².